The Morgan fingerprint density at radius 1 is 1.04 bits per heavy atom. The first-order valence-electron chi connectivity index (χ1n) is 7.04. The van der Waals surface area contributed by atoms with Crippen LogP contribution in [0.5, 0.6) is 0 Å². The summed E-state index contributed by atoms with van der Waals surface area (Å²) in [5.74, 6) is -0.497. The van der Waals surface area contributed by atoms with E-state index in [-0.39, 0.29) is 17.7 Å². The van der Waals surface area contributed by atoms with E-state index in [1.165, 1.54) is 0 Å². The van der Waals surface area contributed by atoms with Crippen molar-refractivity contribution in [1.29, 1.82) is 0 Å². The zero-order valence-electron chi connectivity index (χ0n) is 12.7. The lowest BCUT2D eigenvalue weighted by molar-refractivity contribution is -0.118. The lowest BCUT2D eigenvalue weighted by Gasteiger charge is -2.10. The van der Waals surface area contributed by atoms with Gasteiger partial charge in [-0.2, -0.15) is 0 Å². The Balaban J connectivity index is 2.13. The Bertz CT molecular complexity index is 747. The minimum atomic E-state index is -0.274. The number of hydrogen-bond donors (Lipinski definition) is 2. The third-order valence-electron chi connectivity index (χ3n) is 3.09. The number of carbonyl (C=O) groups excluding carboxylic acids is 2. The fourth-order valence-electron chi connectivity index (χ4n) is 1.80. The van der Waals surface area contributed by atoms with E-state index in [4.69, 9.17) is 11.6 Å². The van der Waals surface area contributed by atoms with Crippen LogP contribution >= 0.6 is 27.5 Å². The molecule has 23 heavy (non-hydrogen) atoms. The monoisotopic (exact) mass is 394 g/mol. The quantitative estimate of drug-likeness (QED) is 0.769. The fraction of sp³-hybridized carbons (Fsp3) is 0.176. The van der Waals surface area contributed by atoms with Gasteiger partial charge in [0, 0.05) is 27.3 Å². The number of nitrogens with one attached hydrogen (secondary N) is 2. The van der Waals surface area contributed by atoms with Gasteiger partial charge in [0.1, 0.15) is 0 Å². The topological polar surface area (TPSA) is 58.2 Å². The van der Waals surface area contributed by atoms with Gasteiger partial charge in [-0.3, -0.25) is 9.59 Å². The normalized spacial score (nSPS) is 10.5. The van der Waals surface area contributed by atoms with Gasteiger partial charge in [0.05, 0.1) is 5.02 Å². The molecule has 2 rings (SSSR count). The van der Waals surface area contributed by atoms with Crippen LogP contribution < -0.4 is 10.6 Å². The second-order valence-electron chi connectivity index (χ2n) is 5.31. The van der Waals surface area contributed by atoms with Crippen LogP contribution in [0.1, 0.15) is 24.2 Å². The van der Waals surface area contributed by atoms with Crippen molar-refractivity contribution in [2.45, 2.75) is 13.8 Å². The first-order valence-corrected chi connectivity index (χ1v) is 8.21. The maximum Gasteiger partial charge on any atom is 0.255 e. The first kappa shape index (κ1) is 17.5. The average Bonchev–Trinajstić information content (AvgIpc) is 2.51. The highest BCUT2D eigenvalue weighted by molar-refractivity contribution is 9.10. The third-order valence-corrected chi connectivity index (χ3v) is 4.33. The minimum Gasteiger partial charge on any atom is -0.326 e. The summed E-state index contributed by atoms with van der Waals surface area (Å²) >= 11 is 9.31. The van der Waals surface area contributed by atoms with E-state index >= 15 is 0 Å². The van der Waals surface area contributed by atoms with Crippen molar-refractivity contribution in [3.63, 3.8) is 0 Å². The number of benzene rings is 2. The lowest BCUT2D eigenvalue weighted by atomic mass is 10.1. The molecule has 0 radical (unpaired) electrons. The molecule has 2 amide bonds. The maximum absolute atomic E-state index is 12.3. The zero-order chi connectivity index (χ0) is 17.0. The number of hydrogen-bond acceptors (Lipinski definition) is 2. The summed E-state index contributed by atoms with van der Waals surface area (Å²) in [4.78, 5) is 24.0. The van der Waals surface area contributed by atoms with Gasteiger partial charge < -0.3 is 10.6 Å². The second-order valence-corrected chi connectivity index (χ2v) is 6.57. The standard InChI is InChI=1S/C17H16BrClN2O2/c1-10(2)16(22)20-12-5-3-4-11(8-12)17(23)21-13-6-7-14(18)15(19)9-13/h3-10H,1-2H3,(H,20,22)(H,21,23). The molecule has 0 aliphatic heterocycles. The summed E-state index contributed by atoms with van der Waals surface area (Å²) < 4.78 is 0.760. The van der Waals surface area contributed by atoms with Gasteiger partial charge >= 0.3 is 0 Å². The van der Waals surface area contributed by atoms with Crippen LogP contribution in [0.25, 0.3) is 0 Å². The average molecular weight is 396 g/mol. The molecule has 2 aromatic carbocycles. The molecule has 0 saturated carbocycles. The Hall–Kier alpha value is -1.85. The Kier molecular flexibility index (Phi) is 5.80. The first-order chi connectivity index (χ1) is 10.9. The number of halogens is 2. The van der Waals surface area contributed by atoms with E-state index in [0.717, 1.165) is 4.47 Å². The number of anilines is 2. The number of carbonyl (C=O) groups is 2. The summed E-state index contributed by atoms with van der Waals surface area (Å²) in [6.45, 7) is 3.62. The predicted octanol–water partition coefficient (Wildman–Crippen LogP) is 4.95. The van der Waals surface area contributed by atoms with E-state index in [1.807, 2.05) is 13.8 Å². The van der Waals surface area contributed by atoms with Gasteiger partial charge in [-0.1, -0.05) is 31.5 Å². The van der Waals surface area contributed by atoms with Crippen molar-refractivity contribution in [3.05, 3.63) is 57.5 Å². The Morgan fingerprint density at radius 3 is 2.39 bits per heavy atom. The van der Waals surface area contributed by atoms with Crippen LogP contribution in [0.4, 0.5) is 11.4 Å². The molecule has 2 N–H and O–H groups in total. The lowest BCUT2D eigenvalue weighted by Crippen LogP contribution is -2.18. The maximum atomic E-state index is 12.3. The van der Waals surface area contributed by atoms with Crippen LogP contribution in [0, 0.1) is 5.92 Å². The van der Waals surface area contributed by atoms with E-state index in [9.17, 15) is 9.59 Å². The van der Waals surface area contributed by atoms with Crippen LogP contribution in [-0.2, 0) is 4.79 Å². The van der Waals surface area contributed by atoms with Gasteiger partial charge in [-0.25, -0.2) is 0 Å². The van der Waals surface area contributed by atoms with Gasteiger partial charge in [-0.05, 0) is 52.3 Å². The van der Waals surface area contributed by atoms with E-state index in [2.05, 4.69) is 26.6 Å². The van der Waals surface area contributed by atoms with E-state index < -0.39 is 0 Å². The summed E-state index contributed by atoms with van der Waals surface area (Å²) in [5, 5.41) is 6.06. The number of amides is 2. The van der Waals surface area contributed by atoms with Gasteiger partial charge in [-0.15, -0.1) is 0 Å². The van der Waals surface area contributed by atoms with E-state index in [1.54, 1.807) is 42.5 Å². The molecule has 0 unspecified atom stereocenters. The highest BCUT2D eigenvalue weighted by Crippen LogP contribution is 2.26. The molecule has 0 atom stereocenters. The molecule has 6 heteroatoms. The van der Waals surface area contributed by atoms with Crippen molar-refractivity contribution in [2.75, 3.05) is 10.6 Å². The van der Waals surface area contributed by atoms with Crippen molar-refractivity contribution in [2.24, 2.45) is 5.92 Å². The third kappa shape index (κ3) is 4.81. The molecule has 0 aliphatic rings. The van der Waals surface area contributed by atoms with Crippen molar-refractivity contribution in [3.8, 4) is 0 Å². The molecule has 2 aromatic rings. The summed E-state index contributed by atoms with van der Waals surface area (Å²) in [5.41, 5.74) is 1.63. The SMILES string of the molecule is CC(C)C(=O)Nc1cccc(C(=O)Nc2ccc(Br)c(Cl)c2)c1. The van der Waals surface area contributed by atoms with E-state index in [0.29, 0.717) is 22.0 Å². The molecule has 0 saturated heterocycles. The highest BCUT2D eigenvalue weighted by atomic mass is 79.9. The molecule has 0 spiro atoms. The fourth-order valence-corrected chi connectivity index (χ4v) is 2.23. The van der Waals surface area contributed by atoms with Crippen LogP contribution in [-0.4, -0.2) is 11.8 Å². The van der Waals surface area contributed by atoms with Gasteiger partial charge in [0.15, 0.2) is 0 Å². The molecule has 120 valence electrons. The van der Waals surface area contributed by atoms with Crippen molar-refractivity contribution >= 4 is 50.7 Å². The number of rotatable bonds is 4. The summed E-state index contributed by atoms with van der Waals surface area (Å²) in [6.07, 6.45) is 0. The highest BCUT2D eigenvalue weighted by Gasteiger charge is 2.11. The molecule has 0 fully saturated rings. The second kappa shape index (κ2) is 7.62. The zero-order valence-corrected chi connectivity index (χ0v) is 15.0. The molecule has 0 bridgehead atoms. The molecular weight excluding hydrogens is 380 g/mol. The molecular formula is C17H16BrClN2O2. The molecule has 0 aromatic heterocycles. The van der Waals surface area contributed by atoms with Gasteiger partial charge in [0.2, 0.25) is 5.91 Å². The van der Waals surface area contributed by atoms with Crippen molar-refractivity contribution < 1.29 is 9.59 Å². The summed E-state index contributed by atoms with van der Waals surface area (Å²) in [7, 11) is 0. The van der Waals surface area contributed by atoms with Crippen LogP contribution in [0.2, 0.25) is 5.02 Å². The predicted molar refractivity (Wildman–Crippen MR) is 97.0 cm³/mol. The van der Waals surface area contributed by atoms with Gasteiger partial charge in [0.25, 0.3) is 5.91 Å². The largest absolute Gasteiger partial charge is 0.326 e. The Labute approximate surface area is 148 Å². The molecule has 4 nitrogen and oxygen atoms in total. The van der Waals surface area contributed by atoms with Crippen LogP contribution in [0.15, 0.2) is 46.9 Å². The smallest absolute Gasteiger partial charge is 0.255 e. The summed E-state index contributed by atoms with van der Waals surface area (Å²) in [6, 6.07) is 12.0. The molecule has 0 aliphatic carbocycles. The Morgan fingerprint density at radius 2 is 1.74 bits per heavy atom. The molecule has 0 heterocycles. The minimum absolute atomic E-state index is 0.0951. The van der Waals surface area contributed by atoms with Crippen LogP contribution in [0.3, 0.4) is 0 Å². The van der Waals surface area contributed by atoms with Crippen molar-refractivity contribution in [1.82, 2.24) is 0 Å².